The highest BCUT2D eigenvalue weighted by Gasteiger charge is 2.48. The van der Waals surface area contributed by atoms with Gasteiger partial charge >= 0.3 is 6.18 Å². The number of carbonyl (C=O) groups is 2. The Balaban J connectivity index is 1.50. The van der Waals surface area contributed by atoms with Gasteiger partial charge in [-0.3, -0.25) is 9.59 Å². The van der Waals surface area contributed by atoms with Crippen LogP contribution in [0.4, 0.5) is 24.0 Å². The third-order valence-corrected chi connectivity index (χ3v) is 8.90. The molecular formula is C22H21ClF3N5O2S2. The number of nitrogens with two attached hydrogens (primary N) is 1. The van der Waals surface area contributed by atoms with Crippen molar-refractivity contribution in [1.29, 1.82) is 0 Å². The van der Waals surface area contributed by atoms with Crippen LogP contribution in [0.15, 0.2) is 17.5 Å². The highest BCUT2D eigenvalue weighted by molar-refractivity contribution is 7.17. The van der Waals surface area contributed by atoms with E-state index in [0.29, 0.717) is 12.3 Å². The Morgan fingerprint density at radius 1 is 1.37 bits per heavy atom. The molecule has 3 atom stereocenters. The molecule has 0 bridgehead atoms. The van der Waals surface area contributed by atoms with Crippen LogP contribution >= 0.6 is 34.3 Å². The number of nitrogens with zero attached hydrogens (tertiary/aromatic N) is 2. The van der Waals surface area contributed by atoms with E-state index in [2.05, 4.69) is 22.7 Å². The summed E-state index contributed by atoms with van der Waals surface area (Å²) in [5.41, 5.74) is 6.32. The summed E-state index contributed by atoms with van der Waals surface area (Å²) in [4.78, 5) is 27.0. The summed E-state index contributed by atoms with van der Waals surface area (Å²) in [6.45, 7) is 2.10. The Kier molecular flexibility index (Phi) is 6.09. The summed E-state index contributed by atoms with van der Waals surface area (Å²) in [5, 5.41) is 11.4. The molecule has 0 saturated carbocycles. The predicted molar refractivity (Wildman–Crippen MR) is 130 cm³/mol. The topological polar surface area (TPSA) is 102 Å². The molecule has 0 fully saturated rings. The Labute approximate surface area is 211 Å². The fourth-order valence-corrected chi connectivity index (χ4v) is 7.14. The lowest BCUT2D eigenvalue weighted by Crippen LogP contribution is -2.35. The first-order valence-corrected chi connectivity index (χ1v) is 13.0. The van der Waals surface area contributed by atoms with Crippen molar-refractivity contribution < 1.29 is 22.8 Å². The van der Waals surface area contributed by atoms with Gasteiger partial charge in [-0.2, -0.15) is 18.3 Å². The minimum atomic E-state index is -4.60. The molecule has 186 valence electrons. The number of amides is 2. The molecule has 0 radical (unpaired) electrons. The molecule has 3 aromatic rings. The van der Waals surface area contributed by atoms with Crippen molar-refractivity contribution in [3.8, 4) is 0 Å². The van der Waals surface area contributed by atoms with Gasteiger partial charge in [0.05, 0.1) is 11.6 Å². The molecule has 1 aliphatic carbocycles. The zero-order chi connectivity index (χ0) is 25.1. The lowest BCUT2D eigenvalue weighted by atomic mass is 9.88. The van der Waals surface area contributed by atoms with Gasteiger partial charge in [0.2, 0.25) is 0 Å². The molecule has 0 unspecified atom stereocenters. The number of fused-ring (bicyclic) bond motifs is 2. The van der Waals surface area contributed by atoms with Crippen LogP contribution in [0.5, 0.6) is 0 Å². The quantitative estimate of drug-likeness (QED) is 0.387. The number of nitrogens with one attached hydrogen (secondary N) is 2. The number of alkyl halides is 3. The lowest BCUT2D eigenvalue weighted by molar-refractivity contribution is -0.173. The molecule has 2 amide bonds. The first-order valence-electron chi connectivity index (χ1n) is 10.9. The molecule has 13 heteroatoms. The molecule has 0 aromatic carbocycles. The highest BCUT2D eigenvalue weighted by Crippen LogP contribution is 2.47. The molecular weight excluding hydrogens is 523 g/mol. The minimum absolute atomic E-state index is 0.0711. The molecule has 35 heavy (non-hydrogen) atoms. The van der Waals surface area contributed by atoms with Gasteiger partial charge in [-0.05, 0) is 42.2 Å². The average molecular weight is 544 g/mol. The van der Waals surface area contributed by atoms with E-state index >= 15 is 0 Å². The first kappa shape index (κ1) is 24.1. The van der Waals surface area contributed by atoms with Crippen molar-refractivity contribution in [2.45, 2.75) is 50.9 Å². The summed E-state index contributed by atoms with van der Waals surface area (Å²) < 4.78 is 42.6. The summed E-state index contributed by atoms with van der Waals surface area (Å²) in [5.74, 6) is -1.11. The van der Waals surface area contributed by atoms with Crippen LogP contribution in [-0.2, 0) is 12.8 Å². The second-order valence-electron chi connectivity index (χ2n) is 8.84. The number of anilines is 2. The summed E-state index contributed by atoms with van der Waals surface area (Å²) in [6, 6.07) is 0.913. The Bertz CT molecular complexity index is 1300. The second kappa shape index (κ2) is 8.82. The number of hydrogen-bond donors (Lipinski definition) is 3. The largest absolute Gasteiger partial charge is 0.410 e. The Morgan fingerprint density at radius 3 is 2.80 bits per heavy atom. The van der Waals surface area contributed by atoms with Crippen molar-refractivity contribution in [3.63, 3.8) is 0 Å². The van der Waals surface area contributed by atoms with Gasteiger partial charge in [-0.1, -0.05) is 24.6 Å². The maximum Gasteiger partial charge on any atom is 0.410 e. The van der Waals surface area contributed by atoms with E-state index in [9.17, 15) is 22.8 Å². The fourth-order valence-electron chi connectivity index (χ4n) is 4.67. The van der Waals surface area contributed by atoms with Crippen molar-refractivity contribution in [3.05, 3.63) is 49.1 Å². The van der Waals surface area contributed by atoms with E-state index in [-0.39, 0.29) is 33.5 Å². The number of rotatable bonds is 4. The van der Waals surface area contributed by atoms with E-state index in [1.807, 2.05) is 0 Å². The molecule has 3 aromatic heterocycles. The number of halogens is 4. The van der Waals surface area contributed by atoms with Crippen molar-refractivity contribution in [2.24, 2.45) is 11.7 Å². The Morgan fingerprint density at radius 2 is 2.14 bits per heavy atom. The van der Waals surface area contributed by atoms with Gasteiger partial charge in [0, 0.05) is 16.2 Å². The van der Waals surface area contributed by atoms with Crippen LogP contribution in [-0.4, -0.2) is 27.8 Å². The van der Waals surface area contributed by atoms with Crippen LogP contribution < -0.4 is 16.4 Å². The SMILES string of the molecule is C[C@@H]1CCc2c(sc(NC(=O)c3nn4c(c3Cl)N[C@@H](c3cccs3)C[C@@H]4C(F)(F)F)c2C(N)=O)C1. The summed E-state index contributed by atoms with van der Waals surface area (Å²) in [6.07, 6.45) is -2.57. The third kappa shape index (κ3) is 4.31. The maximum atomic E-state index is 13.9. The van der Waals surface area contributed by atoms with Crippen LogP contribution in [0.2, 0.25) is 5.02 Å². The van der Waals surface area contributed by atoms with Crippen LogP contribution in [0, 0.1) is 5.92 Å². The van der Waals surface area contributed by atoms with Crippen molar-refractivity contribution in [1.82, 2.24) is 9.78 Å². The van der Waals surface area contributed by atoms with Crippen LogP contribution in [0.1, 0.15) is 68.0 Å². The minimum Gasteiger partial charge on any atom is -0.365 e. The molecule has 0 saturated heterocycles. The van der Waals surface area contributed by atoms with E-state index < -0.39 is 30.1 Å². The van der Waals surface area contributed by atoms with E-state index in [1.165, 1.54) is 22.7 Å². The number of carbonyl (C=O) groups excluding carboxylic acids is 2. The molecule has 4 heterocycles. The fraction of sp³-hybridized carbons (Fsp3) is 0.409. The normalized spacial score (nSPS) is 21.7. The summed E-state index contributed by atoms with van der Waals surface area (Å²) in [7, 11) is 0. The number of hydrogen-bond acceptors (Lipinski definition) is 6. The molecule has 1 aliphatic heterocycles. The van der Waals surface area contributed by atoms with Crippen LogP contribution in [0.3, 0.4) is 0 Å². The van der Waals surface area contributed by atoms with Crippen molar-refractivity contribution >= 4 is 56.9 Å². The molecule has 7 nitrogen and oxygen atoms in total. The van der Waals surface area contributed by atoms with Gasteiger partial charge in [0.15, 0.2) is 11.7 Å². The predicted octanol–water partition coefficient (Wildman–Crippen LogP) is 5.80. The summed E-state index contributed by atoms with van der Waals surface area (Å²) >= 11 is 9.00. The van der Waals surface area contributed by atoms with E-state index in [1.54, 1.807) is 17.5 Å². The molecule has 4 N–H and O–H groups in total. The van der Waals surface area contributed by atoms with Gasteiger partial charge < -0.3 is 16.4 Å². The standard InChI is InChI=1S/C22H21ClF3N5O2S2/c1-9-4-5-10-13(7-9)35-21(15(10)18(27)32)29-20(33)17-16(23)19-28-11(12-3-2-6-34-12)8-14(22(24,25)26)31(19)30-17/h2-3,6,9,11,14,28H,4-5,7-8H2,1H3,(H2,27,32)(H,29,33)/t9-,11-,14-/m1/s1. The van der Waals surface area contributed by atoms with E-state index in [4.69, 9.17) is 17.3 Å². The lowest BCUT2D eigenvalue weighted by Gasteiger charge is -2.32. The smallest absolute Gasteiger partial charge is 0.365 e. The number of primary amides is 1. The van der Waals surface area contributed by atoms with Crippen LogP contribution in [0.25, 0.3) is 0 Å². The highest BCUT2D eigenvalue weighted by atomic mass is 35.5. The second-order valence-corrected chi connectivity index (χ2v) is 11.3. The number of thiophene rings is 2. The van der Waals surface area contributed by atoms with Crippen molar-refractivity contribution in [2.75, 3.05) is 10.6 Å². The zero-order valence-corrected chi connectivity index (χ0v) is 20.8. The van der Waals surface area contributed by atoms with Gasteiger partial charge in [-0.25, -0.2) is 4.68 Å². The van der Waals surface area contributed by atoms with Gasteiger partial charge in [0.25, 0.3) is 11.8 Å². The molecule has 2 aliphatic rings. The van der Waals surface area contributed by atoms with Gasteiger partial charge in [0.1, 0.15) is 15.8 Å². The average Bonchev–Trinajstić information content (AvgIpc) is 3.50. The monoisotopic (exact) mass is 543 g/mol. The zero-order valence-electron chi connectivity index (χ0n) is 18.4. The number of aromatic nitrogens is 2. The van der Waals surface area contributed by atoms with E-state index in [0.717, 1.165) is 32.8 Å². The maximum absolute atomic E-state index is 13.9. The Hall–Kier alpha value is -2.57. The third-order valence-electron chi connectivity index (χ3n) is 6.38. The molecule has 0 spiro atoms. The first-order chi connectivity index (χ1) is 16.5. The van der Waals surface area contributed by atoms with Gasteiger partial charge in [-0.15, -0.1) is 22.7 Å². The molecule has 5 rings (SSSR count).